The van der Waals surface area contributed by atoms with Gasteiger partial charge in [0.15, 0.2) is 0 Å². The van der Waals surface area contributed by atoms with E-state index in [1.165, 1.54) is 0 Å². The molecule has 3 radical (unpaired) electrons. The standard InChI is InChI=1S/Ba.Bi.Cu.O/q+2;+3;+2;-2. The van der Waals surface area contributed by atoms with E-state index in [4.69, 9.17) is 0 Å². The van der Waals surface area contributed by atoms with Crippen molar-refractivity contribution in [1.29, 1.82) is 0 Å². The normalized spacial score (nSPS) is 0. The van der Waals surface area contributed by atoms with Gasteiger partial charge in [0.1, 0.15) is 0 Å². The first-order chi connectivity index (χ1) is 0. The molecule has 0 heterocycles. The first-order valence-electron chi connectivity index (χ1n) is 0. The minimum absolute atomic E-state index is 0. The Hall–Kier alpha value is 2.93. The predicted octanol–water partition coefficient (Wildman–Crippen LogP) is -0.883. The number of hydrogen-bond donors (Lipinski definition) is 0. The predicted molar refractivity (Wildman–Crippen MR) is 12.2 cm³/mol. The molecule has 0 atom stereocenters. The van der Waals surface area contributed by atoms with Crippen LogP contribution >= 0.6 is 0 Å². The summed E-state index contributed by atoms with van der Waals surface area (Å²) in [4.78, 5) is 0. The summed E-state index contributed by atoms with van der Waals surface area (Å²) in [6.45, 7) is 0. The Balaban J connectivity index is 0. The van der Waals surface area contributed by atoms with E-state index in [0.717, 1.165) is 0 Å². The zero-order valence-electron chi connectivity index (χ0n) is 1.86. The van der Waals surface area contributed by atoms with Crippen molar-refractivity contribution in [2.45, 2.75) is 0 Å². The molecule has 0 saturated heterocycles. The SMILES string of the molecule is [Ba+2].[Bi+3].[Cu+2].[O-2]. The van der Waals surface area contributed by atoms with E-state index < -0.39 is 0 Å². The van der Waals surface area contributed by atoms with Gasteiger partial charge in [-0.2, -0.15) is 0 Å². The van der Waals surface area contributed by atoms with Crippen LogP contribution in [0, 0.1) is 0 Å². The summed E-state index contributed by atoms with van der Waals surface area (Å²) in [5, 5.41) is 0. The van der Waals surface area contributed by atoms with E-state index in [2.05, 4.69) is 0 Å². The molecule has 0 aliphatic rings. The van der Waals surface area contributed by atoms with Crippen LogP contribution in [0.2, 0.25) is 0 Å². The fraction of sp³-hybridized carbons (Fsp3) is 0. The molecule has 0 aromatic carbocycles. The molecule has 0 unspecified atom stereocenters. The molecule has 1 nitrogen and oxygen atoms in total. The summed E-state index contributed by atoms with van der Waals surface area (Å²) in [7, 11) is 0. The van der Waals surface area contributed by atoms with Gasteiger partial charge < -0.3 is 5.48 Å². The van der Waals surface area contributed by atoms with Gasteiger partial charge in [0, 0.05) is 0 Å². The number of rotatable bonds is 0. The van der Waals surface area contributed by atoms with Crippen molar-refractivity contribution in [3.05, 3.63) is 0 Å². The molecule has 0 N–H and O–H groups in total. The van der Waals surface area contributed by atoms with E-state index in [1.54, 1.807) is 0 Å². The molecular weight excluding hydrogens is 426 g/mol. The molecule has 4 heteroatoms. The third kappa shape index (κ3) is 8.87. The van der Waals surface area contributed by atoms with Gasteiger partial charge in [-0.15, -0.1) is 0 Å². The van der Waals surface area contributed by atoms with Crippen molar-refractivity contribution >= 4 is 75.1 Å². The van der Waals surface area contributed by atoms with Crippen LogP contribution in [-0.2, 0) is 22.5 Å². The Morgan fingerprint density at radius 3 is 1.00 bits per heavy atom. The second kappa shape index (κ2) is 16.8. The van der Waals surface area contributed by atoms with Crippen molar-refractivity contribution in [3.8, 4) is 0 Å². The summed E-state index contributed by atoms with van der Waals surface area (Å²) in [5.74, 6) is 0. The Kier molecular flexibility index (Phi) is 119. The second-order valence-electron chi connectivity index (χ2n) is 0. The van der Waals surface area contributed by atoms with Crippen LogP contribution in [0.25, 0.3) is 0 Å². The van der Waals surface area contributed by atoms with Gasteiger partial charge in [0.2, 0.25) is 0 Å². The van der Waals surface area contributed by atoms with Gasteiger partial charge >= 0.3 is 92.2 Å². The molecule has 0 aromatic heterocycles. The fourth-order valence-corrected chi connectivity index (χ4v) is 0. The molecule has 0 saturated carbocycles. The Morgan fingerprint density at radius 1 is 1.00 bits per heavy atom. The molecular formula is BaBiCuO+5. The Labute approximate surface area is 95.3 Å². The number of hydrogen-bond acceptors (Lipinski definition) is 0. The average molecular weight is 426 g/mol. The molecule has 0 rings (SSSR count). The van der Waals surface area contributed by atoms with Crippen molar-refractivity contribution in [2.24, 2.45) is 0 Å². The zero-order chi connectivity index (χ0) is 0. The molecule has 4 heavy (non-hydrogen) atoms. The third-order valence-electron chi connectivity index (χ3n) is 0. The van der Waals surface area contributed by atoms with Crippen molar-refractivity contribution in [3.63, 3.8) is 0 Å². The van der Waals surface area contributed by atoms with E-state index in [0.29, 0.717) is 0 Å². The van der Waals surface area contributed by atoms with E-state index >= 15 is 0 Å². The maximum absolute atomic E-state index is 0. The Bertz CT molecular complexity index is 8.00. The molecule has 19 valence electrons. The van der Waals surface area contributed by atoms with Gasteiger partial charge in [-0.1, -0.05) is 0 Å². The maximum Gasteiger partial charge on any atom is 3.00 e. The van der Waals surface area contributed by atoms with Gasteiger partial charge in [-0.3, -0.25) is 0 Å². The van der Waals surface area contributed by atoms with Gasteiger partial charge in [0.05, 0.1) is 0 Å². The van der Waals surface area contributed by atoms with Crippen molar-refractivity contribution < 1.29 is 22.5 Å². The van der Waals surface area contributed by atoms with Gasteiger partial charge in [-0.05, 0) is 0 Å². The molecule has 0 bridgehead atoms. The fourth-order valence-electron chi connectivity index (χ4n) is 0. The molecule has 0 aromatic rings. The summed E-state index contributed by atoms with van der Waals surface area (Å²) < 4.78 is 0. The van der Waals surface area contributed by atoms with E-state index in [1.807, 2.05) is 0 Å². The first-order valence-corrected chi connectivity index (χ1v) is 0. The van der Waals surface area contributed by atoms with Crippen LogP contribution in [0.4, 0.5) is 0 Å². The third-order valence-corrected chi connectivity index (χ3v) is 0. The maximum atomic E-state index is 0. The first kappa shape index (κ1) is 28.4. The van der Waals surface area contributed by atoms with Crippen molar-refractivity contribution in [1.82, 2.24) is 0 Å². The molecule has 0 amide bonds. The minimum atomic E-state index is 0. The van der Waals surface area contributed by atoms with Gasteiger partial charge in [-0.25, -0.2) is 0 Å². The summed E-state index contributed by atoms with van der Waals surface area (Å²) in [6, 6.07) is 0. The van der Waals surface area contributed by atoms with Crippen molar-refractivity contribution in [2.75, 3.05) is 0 Å². The van der Waals surface area contributed by atoms with Gasteiger partial charge in [0.25, 0.3) is 0 Å². The van der Waals surface area contributed by atoms with E-state index in [-0.39, 0.29) is 97.6 Å². The molecule has 0 aliphatic heterocycles. The topological polar surface area (TPSA) is 28.5 Å². The van der Waals surface area contributed by atoms with Crippen LogP contribution < -0.4 is 0 Å². The molecule has 0 spiro atoms. The average Bonchev–Trinajstić information content (AvgIpc) is 0. The monoisotopic (exact) mass is 426 g/mol. The quantitative estimate of drug-likeness (QED) is 0.451. The van der Waals surface area contributed by atoms with Crippen LogP contribution in [0.5, 0.6) is 0 Å². The summed E-state index contributed by atoms with van der Waals surface area (Å²) >= 11 is 0. The zero-order valence-corrected chi connectivity index (χ0v) is 10.7. The van der Waals surface area contributed by atoms with Crippen LogP contribution in [0.15, 0.2) is 0 Å². The van der Waals surface area contributed by atoms with Crippen LogP contribution in [-0.4, -0.2) is 75.1 Å². The molecule has 0 fully saturated rings. The van der Waals surface area contributed by atoms with Crippen LogP contribution in [0.1, 0.15) is 0 Å². The summed E-state index contributed by atoms with van der Waals surface area (Å²) in [5.41, 5.74) is 0. The smallest absolute Gasteiger partial charge is 2.00 e. The largest absolute Gasteiger partial charge is 3.00 e. The summed E-state index contributed by atoms with van der Waals surface area (Å²) in [6.07, 6.45) is 0. The van der Waals surface area contributed by atoms with E-state index in [9.17, 15) is 0 Å². The minimum Gasteiger partial charge on any atom is -2.00 e. The second-order valence-corrected chi connectivity index (χ2v) is 0. The van der Waals surface area contributed by atoms with Crippen LogP contribution in [0.3, 0.4) is 0 Å². The molecule has 0 aliphatic carbocycles. The Morgan fingerprint density at radius 2 is 1.00 bits per heavy atom.